The summed E-state index contributed by atoms with van der Waals surface area (Å²) in [6.07, 6.45) is -0.238. The van der Waals surface area contributed by atoms with Gasteiger partial charge in [-0.25, -0.2) is 9.48 Å². The maximum atomic E-state index is 13.0. The molecule has 0 aliphatic rings. The molecule has 1 amide bonds. The van der Waals surface area contributed by atoms with Gasteiger partial charge in [0, 0.05) is 19.7 Å². The van der Waals surface area contributed by atoms with Crippen molar-refractivity contribution >= 4 is 23.3 Å². The predicted octanol–water partition coefficient (Wildman–Crippen LogP) is 2.29. The number of para-hydroxylation sites is 1. The Morgan fingerprint density at radius 2 is 1.77 bits per heavy atom. The fourth-order valence-corrected chi connectivity index (χ4v) is 3.58. The average molecular weight is 424 g/mol. The molecule has 0 fully saturated rings. The number of nitrogens with one attached hydrogen (secondary N) is 2. The predicted molar refractivity (Wildman–Crippen MR) is 115 cm³/mol. The van der Waals surface area contributed by atoms with Crippen LogP contribution in [0.25, 0.3) is 5.69 Å². The van der Waals surface area contributed by atoms with Crippen LogP contribution in [0, 0.1) is 13.8 Å². The number of Topliss-reactive ketones (excluding diaryl/α,β-unsaturated/α-hetero) is 1. The van der Waals surface area contributed by atoms with Gasteiger partial charge in [-0.05, 0) is 31.5 Å². The molecule has 0 aliphatic heterocycles. The monoisotopic (exact) mass is 424 g/mol. The zero-order valence-corrected chi connectivity index (χ0v) is 18.0. The summed E-state index contributed by atoms with van der Waals surface area (Å²) in [4.78, 5) is 52.6. The zero-order chi connectivity index (χ0) is 22.9. The summed E-state index contributed by atoms with van der Waals surface area (Å²) >= 11 is 0. The van der Waals surface area contributed by atoms with E-state index in [9.17, 15) is 19.2 Å². The van der Waals surface area contributed by atoms with Gasteiger partial charge in [0.05, 0.1) is 36.2 Å². The van der Waals surface area contributed by atoms with Crippen LogP contribution in [0.5, 0.6) is 0 Å². The van der Waals surface area contributed by atoms with E-state index in [0.29, 0.717) is 16.9 Å². The maximum Gasteiger partial charge on any atom is 0.339 e. The highest BCUT2D eigenvalue weighted by Crippen LogP contribution is 2.21. The van der Waals surface area contributed by atoms with Gasteiger partial charge in [0.25, 0.3) is 5.56 Å². The molecule has 0 unspecified atom stereocenters. The highest BCUT2D eigenvalue weighted by atomic mass is 16.5. The second-order valence-corrected chi connectivity index (χ2v) is 7.19. The van der Waals surface area contributed by atoms with Crippen LogP contribution in [0.15, 0.2) is 35.1 Å². The third-order valence-corrected chi connectivity index (χ3v) is 5.23. The quantitative estimate of drug-likeness (QED) is 0.465. The first-order valence-corrected chi connectivity index (χ1v) is 9.61. The van der Waals surface area contributed by atoms with Crippen LogP contribution in [0.2, 0.25) is 0 Å². The molecule has 3 rings (SSSR count). The smallest absolute Gasteiger partial charge is 0.339 e. The molecule has 2 heterocycles. The SMILES string of the molecule is COC(=O)c1c(CC(=O)Nc2c(C)n(C)n(-c3ccccc3)c2=O)[nH]c(C(C)=O)c1C. The van der Waals surface area contributed by atoms with E-state index >= 15 is 0 Å². The number of nitrogens with zero attached hydrogens (tertiary/aromatic N) is 2. The number of rotatable bonds is 6. The van der Waals surface area contributed by atoms with Crippen LogP contribution in [0.1, 0.15) is 44.7 Å². The molecule has 0 radical (unpaired) electrons. The Bertz CT molecular complexity index is 1230. The van der Waals surface area contributed by atoms with E-state index in [-0.39, 0.29) is 40.4 Å². The summed E-state index contributed by atoms with van der Waals surface area (Å²) in [5.41, 5.74) is 2.07. The van der Waals surface area contributed by atoms with Crippen LogP contribution in [0.3, 0.4) is 0 Å². The second kappa shape index (κ2) is 8.47. The first-order chi connectivity index (χ1) is 14.7. The standard InChI is InChI=1S/C22H24N4O5/c1-12-18(22(30)31-5)16(23-19(12)14(3)27)11-17(28)24-20-13(2)25(4)26(21(20)29)15-9-7-6-8-10-15/h6-10,23H,11H2,1-5H3,(H,24,28). The number of hydrogen-bond acceptors (Lipinski definition) is 5. The molecule has 2 N–H and O–H groups in total. The largest absolute Gasteiger partial charge is 0.465 e. The van der Waals surface area contributed by atoms with Crippen LogP contribution < -0.4 is 10.9 Å². The normalized spacial score (nSPS) is 10.7. The lowest BCUT2D eigenvalue weighted by atomic mass is 10.1. The fourth-order valence-electron chi connectivity index (χ4n) is 3.58. The number of benzene rings is 1. The van der Waals surface area contributed by atoms with Gasteiger partial charge < -0.3 is 15.0 Å². The topological polar surface area (TPSA) is 115 Å². The molecule has 2 aromatic heterocycles. The van der Waals surface area contributed by atoms with Crippen LogP contribution in [-0.4, -0.2) is 39.1 Å². The van der Waals surface area contributed by atoms with E-state index in [0.717, 1.165) is 0 Å². The Hall–Kier alpha value is -3.88. The van der Waals surface area contributed by atoms with Gasteiger partial charge in [0.1, 0.15) is 5.69 Å². The number of ketones is 1. The highest BCUT2D eigenvalue weighted by Gasteiger charge is 2.25. The molecule has 9 nitrogen and oxygen atoms in total. The summed E-state index contributed by atoms with van der Waals surface area (Å²) < 4.78 is 7.91. The first kappa shape index (κ1) is 21.8. The Morgan fingerprint density at radius 3 is 2.35 bits per heavy atom. The van der Waals surface area contributed by atoms with Crippen LogP contribution in [-0.2, 0) is 23.0 Å². The second-order valence-electron chi connectivity index (χ2n) is 7.19. The summed E-state index contributed by atoms with van der Waals surface area (Å²) in [6, 6.07) is 9.06. The minimum Gasteiger partial charge on any atom is -0.465 e. The van der Waals surface area contributed by atoms with Gasteiger partial charge in [0.2, 0.25) is 5.91 Å². The Balaban J connectivity index is 1.94. The van der Waals surface area contributed by atoms with Crippen LogP contribution in [0.4, 0.5) is 5.69 Å². The Morgan fingerprint density at radius 1 is 1.13 bits per heavy atom. The molecule has 9 heteroatoms. The third-order valence-electron chi connectivity index (χ3n) is 5.23. The molecule has 0 aliphatic carbocycles. The van der Waals surface area contributed by atoms with E-state index in [1.165, 1.54) is 18.7 Å². The minimum absolute atomic E-state index is 0.144. The van der Waals surface area contributed by atoms with Crippen LogP contribution >= 0.6 is 0 Å². The Labute approximate surface area is 178 Å². The molecular formula is C22H24N4O5. The number of aromatic nitrogens is 3. The van der Waals surface area contributed by atoms with E-state index in [1.807, 2.05) is 18.2 Å². The molecule has 0 atom stereocenters. The Kier molecular flexibility index (Phi) is 5.96. The lowest BCUT2D eigenvalue weighted by molar-refractivity contribution is -0.115. The van der Waals surface area contributed by atoms with Gasteiger partial charge >= 0.3 is 5.97 Å². The van der Waals surface area contributed by atoms with Crippen molar-refractivity contribution in [2.24, 2.45) is 7.05 Å². The van der Waals surface area contributed by atoms with E-state index < -0.39 is 11.9 Å². The van der Waals surface area contributed by atoms with E-state index in [4.69, 9.17) is 4.74 Å². The van der Waals surface area contributed by atoms with Crippen molar-refractivity contribution in [3.63, 3.8) is 0 Å². The van der Waals surface area contributed by atoms with E-state index in [2.05, 4.69) is 10.3 Å². The number of aromatic amines is 1. The number of carbonyl (C=O) groups is 3. The summed E-state index contributed by atoms with van der Waals surface area (Å²) in [5, 5.41) is 2.65. The van der Waals surface area contributed by atoms with Crippen molar-refractivity contribution in [3.8, 4) is 5.69 Å². The third kappa shape index (κ3) is 3.94. The number of H-pyrrole nitrogens is 1. The van der Waals surface area contributed by atoms with Gasteiger partial charge in [-0.1, -0.05) is 18.2 Å². The molecule has 0 spiro atoms. The zero-order valence-electron chi connectivity index (χ0n) is 18.0. The number of amides is 1. The van der Waals surface area contributed by atoms with E-state index in [1.54, 1.807) is 37.7 Å². The molecule has 162 valence electrons. The fraction of sp³-hybridized carbons (Fsp3) is 0.273. The molecule has 0 bridgehead atoms. The number of anilines is 1. The van der Waals surface area contributed by atoms with Crippen molar-refractivity contribution < 1.29 is 19.1 Å². The summed E-state index contributed by atoms with van der Waals surface area (Å²) in [6.45, 7) is 4.70. The molecule has 31 heavy (non-hydrogen) atoms. The average Bonchev–Trinajstić information content (AvgIpc) is 3.17. The molecule has 0 saturated carbocycles. The number of ether oxygens (including phenoxy) is 1. The first-order valence-electron chi connectivity index (χ1n) is 9.61. The highest BCUT2D eigenvalue weighted by molar-refractivity contribution is 6.02. The number of hydrogen-bond donors (Lipinski definition) is 2. The van der Waals surface area contributed by atoms with Gasteiger partial charge in [-0.3, -0.25) is 19.1 Å². The molecular weight excluding hydrogens is 400 g/mol. The lowest BCUT2D eigenvalue weighted by Gasteiger charge is -2.07. The molecule has 0 saturated heterocycles. The number of carbonyl (C=O) groups excluding carboxylic acids is 3. The molecule has 1 aromatic carbocycles. The van der Waals surface area contributed by atoms with Crippen molar-refractivity contribution in [2.75, 3.05) is 12.4 Å². The van der Waals surface area contributed by atoms with Gasteiger partial charge in [-0.2, -0.15) is 0 Å². The number of methoxy groups -OCH3 is 1. The van der Waals surface area contributed by atoms with Crippen molar-refractivity contribution in [3.05, 3.63) is 68.9 Å². The molecule has 3 aromatic rings. The van der Waals surface area contributed by atoms with Crippen molar-refractivity contribution in [1.29, 1.82) is 0 Å². The van der Waals surface area contributed by atoms with Crippen molar-refractivity contribution in [1.82, 2.24) is 14.3 Å². The maximum absolute atomic E-state index is 13.0. The van der Waals surface area contributed by atoms with Gasteiger partial charge in [-0.15, -0.1) is 0 Å². The van der Waals surface area contributed by atoms with Gasteiger partial charge in [0.15, 0.2) is 5.78 Å². The van der Waals surface area contributed by atoms with Crippen molar-refractivity contribution in [2.45, 2.75) is 27.2 Å². The number of esters is 1. The summed E-state index contributed by atoms with van der Waals surface area (Å²) in [5.74, 6) is -1.42. The lowest BCUT2D eigenvalue weighted by Crippen LogP contribution is -2.24. The summed E-state index contributed by atoms with van der Waals surface area (Å²) in [7, 11) is 2.95. The minimum atomic E-state index is -0.647.